The molecule has 0 aromatic heterocycles. The Kier molecular flexibility index (Phi) is 5.56. The number of amides is 1. The molecule has 1 heterocycles. The molecule has 1 amide bonds. The lowest BCUT2D eigenvalue weighted by molar-refractivity contribution is -0.154. The minimum Gasteiger partial charge on any atom is -0.480 e. The van der Waals surface area contributed by atoms with Gasteiger partial charge in [0.2, 0.25) is 0 Å². The number of rotatable bonds is 4. The zero-order valence-corrected chi connectivity index (χ0v) is 12.8. The molecule has 7 heteroatoms. The van der Waals surface area contributed by atoms with Gasteiger partial charge in [-0.05, 0) is 24.8 Å². The first kappa shape index (κ1) is 16.8. The number of hydrogen-bond acceptors (Lipinski definition) is 5. The van der Waals surface area contributed by atoms with Crippen molar-refractivity contribution in [2.75, 3.05) is 7.11 Å². The molecule has 0 aliphatic carbocycles. The van der Waals surface area contributed by atoms with E-state index in [0.717, 1.165) is 10.5 Å². The molecule has 0 bridgehead atoms. The molecule has 23 heavy (non-hydrogen) atoms. The summed E-state index contributed by atoms with van der Waals surface area (Å²) in [6.45, 7) is 0.0103. The van der Waals surface area contributed by atoms with Crippen LogP contribution in [-0.2, 0) is 25.7 Å². The van der Waals surface area contributed by atoms with Gasteiger partial charge in [0.05, 0.1) is 7.11 Å². The highest BCUT2D eigenvalue weighted by Gasteiger charge is 2.43. The normalized spacial score (nSPS) is 20.7. The second kappa shape index (κ2) is 7.62. The molecule has 1 aliphatic heterocycles. The predicted octanol–water partition coefficient (Wildman–Crippen LogP) is 1.80. The van der Waals surface area contributed by atoms with Crippen molar-refractivity contribution in [3.8, 4) is 0 Å². The van der Waals surface area contributed by atoms with Gasteiger partial charge in [-0.25, -0.2) is 14.4 Å². The molecule has 124 valence electrons. The van der Waals surface area contributed by atoms with Gasteiger partial charge in [-0.2, -0.15) is 0 Å². The van der Waals surface area contributed by atoms with E-state index in [-0.39, 0.29) is 13.0 Å². The summed E-state index contributed by atoms with van der Waals surface area (Å²) in [4.78, 5) is 36.6. The molecule has 7 nitrogen and oxygen atoms in total. The quantitative estimate of drug-likeness (QED) is 0.850. The minimum absolute atomic E-state index is 0.0103. The zero-order chi connectivity index (χ0) is 16.8. The Balaban J connectivity index is 2.13. The van der Waals surface area contributed by atoms with Crippen LogP contribution in [0.2, 0.25) is 0 Å². The minimum atomic E-state index is -1.16. The van der Waals surface area contributed by atoms with Gasteiger partial charge in [0.1, 0.15) is 18.7 Å². The van der Waals surface area contributed by atoms with Crippen molar-refractivity contribution in [1.82, 2.24) is 4.90 Å². The molecule has 2 atom stereocenters. The highest BCUT2D eigenvalue weighted by atomic mass is 16.6. The zero-order valence-electron chi connectivity index (χ0n) is 12.8. The third-order valence-electron chi connectivity index (χ3n) is 3.80. The van der Waals surface area contributed by atoms with Crippen LogP contribution in [0.15, 0.2) is 30.3 Å². The summed E-state index contributed by atoms with van der Waals surface area (Å²) in [7, 11) is 1.21. The van der Waals surface area contributed by atoms with Crippen LogP contribution in [0.25, 0.3) is 0 Å². The van der Waals surface area contributed by atoms with Crippen molar-refractivity contribution in [3.63, 3.8) is 0 Å². The molecule has 2 rings (SSSR count). The number of ether oxygens (including phenoxy) is 2. The average molecular weight is 321 g/mol. The van der Waals surface area contributed by atoms with Crippen LogP contribution in [0, 0.1) is 0 Å². The summed E-state index contributed by atoms with van der Waals surface area (Å²) in [5.41, 5.74) is 0.777. The summed E-state index contributed by atoms with van der Waals surface area (Å²) < 4.78 is 9.87. The van der Waals surface area contributed by atoms with Crippen molar-refractivity contribution in [2.45, 2.75) is 38.0 Å². The second-order valence-corrected chi connectivity index (χ2v) is 5.27. The Labute approximate surface area is 133 Å². The van der Waals surface area contributed by atoms with Crippen LogP contribution in [0.1, 0.15) is 24.8 Å². The first-order chi connectivity index (χ1) is 11.0. The number of carbonyl (C=O) groups excluding carboxylic acids is 2. The molecular formula is C16H19NO6. The number of carbonyl (C=O) groups is 3. The number of aliphatic carboxylic acids is 1. The predicted molar refractivity (Wildman–Crippen MR) is 79.5 cm³/mol. The number of carboxylic acid groups (broad SMARTS) is 1. The summed E-state index contributed by atoms with van der Waals surface area (Å²) in [5.74, 6) is -1.79. The van der Waals surface area contributed by atoms with Crippen LogP contribution in [0.5, 0.6) is 0 Å². The maximum atomic E-state index is 12.3. The van der Waals surface area contributed by atoms with Crippen LogP contribution in [0.3, 0.4) is 0 Å². The van der Waals surface area contributed by atoms with E-state index in [1.807, 2.05) is 6.07 Å². The first-order valence-corrected chi connectivity index (χ1v) is 7.34. The van der Waals surface area contributed by atoms with Gasteiger partial charge in [0.15, 0.2) is 0 Å². The SMILES string of the molecule is COC(=O)C1CCCC(C(=O)O)N1C(=O)OCc1ccccc1. The van der Waals surface area contributed by atoms with Gasteiger partial charge in [0.25, 0.3) is 0 Å². The Morgan fingerprint density at radius 1 is 1.17 bits per heavy atom. The summed E-state index contributed by atoms with van der Waals surface area (Å²) in [6, 6.07) is 7.01. The number of hydrogen-bond donors (Lipinski definition) is 1. The highest BCUT2D eigenvalue weighted by molar-refractivity contribution is 5.86. The molecule has 1 fully saturated rings. The molecule has 1 aromatic rings. The Hall–Kier alpha value is -2.57. The monoisotopic (exact) mass is 321 g/mol. The van der Waals surface area contributed by atoms with Gasteiger partial charge in [-0.15, -0.1) is 0 Å². The van der Waals surface area contributed by atoms with Gasteiger partial charge in [-0.3, -0.25) is 4.90 Å². The van der Waals surface area contributed by atoms with Crippen LogP contribution >= 0.6 is 0 Å². The van der Waals surface area contributed by atoms with E-state index in [0.29, 0.717) is 12.8 Å². The lowest BCUT2D eigenvalue weighted by Crippen LogP contribution is -2.56. The van der Waals surface area contributed by atoms with E-state index < -0.39 is 30.1 Å². The van der Waals surface area contributed by atoms with E-state index in [1.165, 1.54) is 7.11 Å². The number of likely N-dealkylation sites (tertiary alicyclic amines) is 1. The van der Waals surface area contributed by atoms with Crippen LogP contribution < -0.4 is 0 Å². The maximum absolute atomic E-state index is 12.3. The molecule has 1 aliphatic rings. The molecule has 2 unspecified atom stereocenters. The number of methoxy groups -OCH3 is 1. The van der Waals surface area contributed by atoms with Gasteiger partial charge < -0.3 is 14.6 Å². The maximum Gasteiger partial charge on any atom is 0.411 e. The van der Waals surface area contributed by atoms with Gasteiger partial charge in [-0.1, -0.05) is 30.3 Å². The third-order valence-corrected chi connectivity index (χ3v) is 3.80. The first-order valence-electron chi connectivity index (χ1n) is 7.34. The third kappa shape index (κ3) is 4.00. The fraction of sp³-hybridized carbons (Fsp3) is 0.438. The molecule has 0 saturated carbocycles. The standard InChI is InChI=1S/C16H19NO6/c1-22-15(20)13-9-5-8-12(14(18)19)17(13)16(21)23-10-11-6-3-2-4-7-11/h2-4,6-7,12-13H,5,8-10H2,1H3,(H,18,19). The lowest BCUT2D eigenvalue weighted by atomic mass is 9.96. The van der Waals surface area contributed by atoms with Crippen molar-refractivity contribution < 1.29 is 29.0 Å². The van der Waals surface area contributed by atoms with E-state index in [2.05, 4.69) is 4.74 Å². The Morgan fingerprint density at radius 2 is 1.83 bits per heavy atom. The molecule has 1 saturated heterocycles. The average Bonchev–Trinajstić information content (AvgIpc) is 2.59. The molecule has 1 N–H and O–H groups in total. The summed E-state index contributed by atoms with van der Waals surface area (Å²) in [5, 5.41) is 9.31. The van der Waals surface area contributed by atoms with E-state index in [1.54, 1.807) is 24.3 Å². The van der Waals surface area contributed by atoms with Crippen molar-refractivity contribution in [2.24, 2.45) is 0 Å². The number of piperidine rings is 1. The summed E-state index contributed by atoms with van der Waals surface area (Å²) >= 11 is 0. The molecular weight excluding hydrogens is 302 g/mol. The Morgan fingerprint density at radius 3 is 2.43 bits per heavy atom. The van der Waals surface area contributed by atoms with Crippen molar-refractivity contribution in [1.29, 1.82) is 0 Å². The Bertz CT molecular complexity index is 573. The number of esters is 1. The van der Waals surface area contributed by atoms with Crippen molar-refractivity contribution >= 4 is 18.0 Å². The summed E-state index contributed by atoms with van der Waals surface area (Å²) in [6.07, 6.45) is 0.343. The van der Waals surface area contributed by atoms with E-state index in [4.69, 9.17) is 4.74 Å². The van der Waals surface area contributed by atoms with Crippen LogP contribution in [-0.4, -0.2) is 47.2 Å². The van der Waals surface area contributed by atoms with Gasteiger partial charge >= 0.3 is 18.0 Å². The van der Waals surface area contributed by atoms with Crippen LogP contribution in [0.4, 0.5) is 4.79 Å². The number of carboxylic acids is 1. The van der Waals surface area contributed by atoms with E-state index >= 15 is 0 Å². The number of benzene rings is 1. The fourth-order valence-electron chi connectivity index (χ4n) is 2.66. The largest absolute Gasteiger partial charge is 0.480 e. The molecule has 0 spiro atoms. The van der Waals surface area contributed by atoms with E-state index in [9.17, 15) is 19.5 Å². The highest BCUT2D eigenvalue weighted by Crippen LogP contribution is 2.25. The second-order valence-electron chi connectivity index (χ2n) is 5.27. The topological polar surface area (TPSA) is 93.1 Å². The smallest absolute Gasteiger partial charge is 0.411 e. The molecule has 1 aromatic carbocycles. The van der Waals surface area contributed by atoms with Gasteiger partial charge in [0, 0.05) is 0 Å². The van der Waals surface area contributed by atoms with Crippen molar-refractivity contribution in [3.05, 3.63) is 35.9 Å². The lowest BCUT2D eigenvalue weighted by Gasteiger charge is -2.37. The number of nitrogens with zero attached hydrogens (tertiary/aromatic N) is 1. The molecule has 0 radical (unpaired) electrons. The fourth-order valence-corrected chi connectivity index (χ4v) is 2.66.